The minimum Gasteiger partial charge on any atom is -0.374 e. The van der Waals surface area contributed by atoms with Crippen LogP contribution in [0.2, 0.25) is 0 Å². The van der Waals surface area contributed by atoms with E-state index in [2.05, 4.69) is 9.88 Å². The molecule has 2 aliphatic rings. The monoisotopic (exact) mass is 343 g/mol. The van der Waals surface area contributed by atoms with Crippen molar-refractivity contribution in [2.45, 2.75) is 19.1 Å². The van der Waals surface area contributed by atoms with Crippen molar-refractivity contribution in [1.82, 2.24) is 9.88 Å². The summed E-state index contributed by atoms with van der Waals surface area (Å²) in [4.78, 5) is 21.6. The summed E-state index contributed by atoms with van der Waals surface area (Å²) in [6.07, 6.45) is 2.65. The number of carbonyl (C=O) groups excluding carboxylic acids is 1. The van der Waals surface area contributed by atoms with Crippen LogP contribution < -0.4 is 4.90 Å². The highest BCUT2D eigenvalue weighted by atomic mass is 32.1. The maximum absolute atomic E-state index is 13.0. The number of likely N-dealkylation sites (tertiary alicyclic amines) is 1. The Labute approximate surface area is 145 Å². The summed E-state index contributed by atoms with van der Waals surface area (Å²) in [6, 6.07) is 8.00. The molecule has 0 bridgehead atoms. The zero-order valence-electron chi connectivity index (χ0n) is 13.5. The minimum atomic E-state index is -0.0348. The number of thiophene rings is 1. The Bertz CT molecular complexity index is 677. The Morgan fingerprint density at radius 1 is 1.29 bits per heavy atom. The molecule has 2 aliphatic heterocycles. The van der Waals surface area contributed by atoms with E-state index in [0.29, 0.717) is 13.2 Å². The first-order valence-electron chi connectivity index (χ1n) is 8.39. The fourth-order valence-electron chi connectivity index (χ4n) is 3.57. The number of anilines is 1. The topological polar surface area (TPSA) is 45.7 Å². The average Bonchev–Trinajstić information content (AvgIpc) is 3.08. The van der Waals surface area contributed by atoms with E-state index in [-0.39, 0.29) is 17.9 Å². The van der Waals surface area contributed by atoms with E-state index in [1.807, 2.05) is 46.1 Å². The molecule has 0 saturated carbocycles. The third kappa shape index (κ3) is 3.22. The molecule has 4 heterocycles. The molecule has 4 rings (SSSR count). The number of fused-ring (bicyclic) bond motifs is 1. The molecule has 2 fully saturated rings. The molecule has 0 N–H and O–H groups in total. The molecule has 0 radical (unpaired) electrons. The van der Waals surface area contributed by atoms with Gasteiger partial charge in [0.1, 0.15) is 0 Å². The second kappa shape index (κ2) is 7.01. The van der Waals surface area contributed by atoms with Crippen molar-refractivity contribution in [2.24, 2.45) is 5.92 Å². The number of amides is 1. The van der Waals surface area contributed by atoms with Crippen LogP contribution in [-0.4, -0.2) is 48.1 Å². The maximum atomic E-state index is 13.0. The lowest BCUT2D eigenvalue weighted by molar-refractivity contribution is -0.128. The fraction of sp³-hybridized carbons (Fsp3) is 0.444. The van der Waals surface area contributed by atoms with Crippen molar-refractivity contribution in [3.05, 3.63) is 46.9 Å². The Hall–Kier alpha value is -1.76. The molecule has 2 atom stereocenters. The number of pyridine rings is 1. The van der Waals surface area contributed by atoms with Crippen molar-refractivity contribution in [1.29, 1.82) is 0 Å². The van der Waals surface area contributed by atoms with E-state index < -0.39 is 0 Å². The Morgan fingerprint density at radius 2 is 2.25 bits per heavy atom. The van der Waals surface area contributed by atoms with Gasteiger partial charge in [-0.3, -0.25) is 14.7 Å². The molecule has 2 saturated heterocycles. The first-order valence-corrected chi connectivity index (χ1v) is 9.33. The molecular weight excluding hydrogens is 322 g/mol. The largest absolute Gasteiger partial charge is 0.374 e. The van der Waals surface area contributed by atoms with Gasteiger partial charge < -0.3 is 9.64 Å². The van der Waals surface area contributed by atoms with Gasteiger partial charge in [-0.25, -0.2) is 0 Å². The Balaban J connectivity index is 1.45. The summed E-state index contributed by atoms with van der Waals surface area (Å²) in [5.41, 5.74) is 2.07. The van der Waals surface area contributed by atoms with E-state index in [1.54, 1.807) is 11.3 Å². The first kappa shape index (κ1) is 15.7. The third-order valence-electron chi connectivity index (χ3n) is 4.80. The minimum absolute atomic E-state index is 0.0152. The summed E-state index contributed by atoms with van der Waals surface area (Å²) in [6.45, 7) is 3.76. The van der Waals surface area contributed by atoms with E-state index in [0.717, 1.165) is 37.4 Å². The SMILES string of the molecule is O=C1[C@@H]2CCN(Cc3ccccn3)C[C@@H]2OCCN1c1ccsc1. The summed E-state index contributed by atoms with van der Waals surface area (Å²) in [5, 5.41) is 4.05. The standard InChI is InChI=1S/C18H21N3O2S/c22-18-16-4-7-20(11-14-3-1-2-6-19-14)12-17(16)23-9-8-21(18)15-5-10-24-13-15/h1-3,5-6,10,13,16-17H,4,7-9,11-12H2/t16-,17+/m1/s1. The molecule has 2 aromatic rings. The first-order chi connectivity index (χ1) is 11.8. The van der Waals surface area contributed by atoms with Crippen LogP contribution in [-0.2, 0) is 16.1 Å². The molecule has 126 valence electrons. The number of piperidine rings is 1. The van der Waals surface area contributed by atoms with Gasteiger partial charge in [-0.15, -0.1) is 0 Å². The number of hydrogen-bond donors (Lipinski definition) is 0. The zero-order chi connectivity index (χ0) is 16.4. The molecule has 24 heavy (non-hydrogen) atoms. The molecule has 0 spiro atoms. The lowest BCUT2D eigenvalue weighted by atomic mass is 9.92. The summed E-state index contributed by atoms with van der Waals surface area (Å²) < 4.78 is 6.05. The second-order valence-corrected chi connectivity index (χ2v) is 7.11. The van der Waals surface area contributed by atoms with Crippen molar-refractivity contribution >= 4 is 22.9 Å². The molecule has 2 aromatic heterocycles. The van der Waals surface area contributed by atoms with Gasteiger partial charge in [0.2, 0.25) is 5.91 Å². The van der Waals surface area contributed by atoms with Gasteiger partial charge in [0.05, 0.1) is 30.0 Å². The lowest BCUT2D eigenvalue weighted by Crippen LogP contribution is -2.49. The smallest absolute Gasteiger partial charge is 0.232 e. The second-order valence-electron chi connectivity index (χ2n) is 6.33. The van der Waals surface area contributed by atoms with Gasteiger partial charge in [0.25, 0.3) is 0 Å². The Morgan fingerprint density at radius 3 is 3.04 bits per heavy atom. The summed E-state index contributed by atoms with van der Waals surface area (Å²) in [5.74, 6) is 0.181. The van der Waals surface area contributed by atoms with Crippen LogP contribution in [0.1, 0.15) is 12.1 Å². The molecule has 5 nitrogen and oxygen atoms in total. The molecule has 0 aromatic carbocycles. The van der Waals surface area contributed by atoms with Gasteiger partial charge in [-0.1, -0.05) is 6.07 Å². The van der Waals surface area contributed by atoms with Crippen LogP contribution in [0.5, 0.6) is 0 Å². The molecule has 6 heteroatoms. The zero-order valence-corrected chi connectivity index (χ0v) is 14.3. The average molecular weight is 343 g/mol. The van der Waals surface area contributed by atoms with Crippen LogP contribution in [0, 0.1) is 5.92 Å². The Kier molecular flexibility index (Phi) is 4.60. The van der Waals surface area contributed by atoms with E-state index >= 15 is 0 Å². The number of nitrogens with zero attached hydrogens (tertiary/aromatic N) is 3. The highest BCUT2D eigenvalue weighted by molar-refractivity contribution is 7.08. The summed E-state index contributed by atoms with van der Waals surface area (Å²) >= 11 is 1.62. The van der Waals surface area contributed by atoms with Crippen LogP contribution in [0.25, 0.3) is 0 Å². The highest BCUT2D eigenvalue weighted by Gasteiger charge is 2.39. The predicted octanol–water partition coefficient (Wildman–Crippen LogP) is 2.40. The van der Waals surface area contributed by atoms with Crippen molar-refractivity contribution in [3.8, 4) is 0 Å². The van der Waals surface area contributed by atoms with Crippen molar-refractivity contribution in [2.75, 3.05) is 31.1 Å². The maximum Gasteiger partial charge on any atom is 0.232 e. The number of carbonyl (C=O) groups is 1. The normalized spacial score (nSPS) is 25.3. The molecule has 0 aliphatic carbocycles. The quantitative estimate of drug-likeness (QED) is 0.858. The van der Waals surface area contributed by atoms with Crippen molar-refractivity contribution < 1.29 is 9.53 Å². The third-order valence-corrected chi connectivity index (χ3v) is 5.47. The van der Waals surface area contributed by atoms with Gasteiger partial charge in [-0.2, -0.15) is 11.3 Å². The van der Waals surface area contributed by atoms with Crippen LogP contribution in [0.3, 0.4) is 0 Å². The van der Waals surface area contributed by atoms with Crippen LogP contribution >= 0.6 is 11.3 Å². The number of aromatic nitrogens is 1. The van der Waals surface area contributed by atoms with Gasteiger partial charge >= 0.3 is 0 Å². The van der Waals surface area contributed by atoms with Crippen LogP contribution in [0.4, 0.5) is 5.69 Å². The van der Waals surface area contributed by atoms with Gasteiger partial charge in [-0.05, 0) is 36.5 Å². The molecule has 0 unspecified atom stereocenters. The van der Waals surface area contributed by atoms with Crippen molar-refractivity contribution in [3.63, 3.8) is 0 Å². The van der Waals surface area contributed by atoms with E-state index in [1.165, 1.54) is 0 Å². The fourth-order valence-corrected chi connectivity index (χ4v) is 4.21. The number of rotatable bonds is 3. The summed E-state index contributed by atoms with van der Waals surface area (Å²) in [7, 11) is 0. The number of hydrogen-bond acceptors (Lipinski definition) is 5. The lowest BCUT2D eigenvalue weighted by Gasteiger charge is -2.36. The molecule has 1 amide bonds. The molecular formula is C18H21N3O2S. The van der Waals surface area contributed by atoms with E-state index in [4.69, 9.17) is 4.74 Å². The highest BCUT2D eigenvalue weighted by Crippen LogP contribution is 2.29. The van der Waals surface area contributed by atoms with Gasteiger partial charge in [0.15, 0.2) is 0 Å². The predicted molar refractivity (Wildman–Crippen MR) is 94.0 cm³/mol. The van der Waals surface area contributed by atoms with E-state index in [9.17, 15) is 4.79 Å². The van der Waals surface area contributed by atoms with Crippen LogP contribution in [0.15, 0.2) is 41.2 Å². The number of ether oxygens (including phenoxy) is 1. The van der Waals surface area contributed by atoms with Gasteiger partial charge in [0, 0.05) is 31.2 Å².